The lowest BCUT2D eigenvalue weighted by Gasteiger charge is -2.10. The van der Waals surface area contributed by atoms with Gasteiger partial charge in [-0.3, -0.25) is 9.89 Å². The average molecular weight is 441 g/mol. The molecule has 28 heavy (non-hydrogen) atoms. The van der Waals surface area contributed by atoms with Crippen LogP contribution in [0.15, 0.2) is 47.6 Å². The molecule has 6 nitrogen and oxygen atoms in total. The van der Waals surface area contributed by atoms with Gasteiger partial charge in [0.2, 0.25) is 11.1 Å². The molecule has 0 aliphatic rings. The lowest BCUT2D eigenvalue weighted by atomic mass is 10.3. The van der Waals surface area contributed by atoms with E-state index in [-0.39, 0.29) is 23.2 Å². The van der Waals surface area contributed by atoms with Gasteiger partial charge in [-0.25, -0.2) is 9.37 Å². The second kappa shape index (κ2) is 9.27. The zero-order chi connectivity index (χ0) is 20.1. The van der Waals surface area contributed by atoms with E-state index in [2.05, 4.69) is 20.5 Å². The van der Waals surface area contributed by atoms with Gasteiger partial charge >= 0.3 is 0 Å². The maximum absolute atomic E-state index is 13.8. The topological polar surface area (TPSA) is 79.9 Å². The van der Waals surface area contributed by atoms with Crippen molar-refractivity contribution in [2.75, 3.05) is 5.32 Å². The molecule has 0 aliphatic heterocycles. The van der Waals surface area contributed by atoms with E-state index in [4.69, 9.17) is 27.9 Å². The monoisotopic (exact) mass is 440 g/mol. The highest BCUT2D eigenvalue weighted by molar-refractivity contribution is 8.00. The molecule has 0 fully saturated rings. The van der Waals surface area contributed by atoms with Gasteiger partial charge in [-0.2, -0.15) is 0 Å². The summed E-state index contributed by atoms with van der Waals surface area (Å²) in [6.07, 6.45) is 0. The number of carbonyl (C=O) groups excluding carboxylic acids is 1. The number of halogens is 3. The highest BCUT2D eigenvalue weighted by Crippen LogP contribution is 2.23. The molecule has 0 bridgehead atoms. The summed E-state index contributed by atoms with van der Waals surface area (Å²) >= 11 is 12.7. The highest BCUT2D eigenvalue weighted by Gasteiger charge is 2.18. The summed E-state index contributed by atoms with van der Waals surface area (Å²) in [4.78, 5) is 16.5. The minimum Gasteiger partial charge on any atom is -0.486 e. The Balaban J connectivity index is 1.53. The maximum atomic E-state index is 13.8. The number of anilines is 1. The third-order valence-electron chi connectivity index (χ3n) is 3.54. The van der Waals surface area contributed by atoms with Crippen LogP contribution in [0.4, 0.5) is 10.1 Å². The number of nitrogens with one attached hydrogen (secondary N) is 2. The quantitative estimate of drug-likeness (QED) is 0.508. The van der Waals surface area contributed by atoms with E-state index in [1.165, 1.54) is 12.1 Å². The van der Waals surface area contributed by atoms with Crippen LogP contribution in [-0.2, 0) is 11.4 Å². The molecule has 3 rings (SSSR count). The van der Waals surface area contributed by atoms with Gasteiger partial charge in [-0.15, -0.1) is 5.10 Å². The van der Waals surface area contributed by atoms with Crippen molar-refractivity contribution >= 4 is 46.6 Å². The van der Waals surface area contributed by atoms with Crippen LogP contribution in [0.5, 0.6) is 5.75 Å². The molecule has 2 N–H and O–H groups in total. The molecule has 3 aromatic rings. The van der Waals surface area contributed by atoms with Crippen LogP contribution in [0.25, 0.3) is 0 Å². The fourth-order valence-electron chi connectivity index (χ4n) is 2.11. The van der Waals surface area contributed by atoms with Crippen molar-refractivity contribution in [2.24, 2.45) is 0 Å². The van der Waals surface area contributed by atoms with Crippen molar-refractivity contribution in [3.05, 3.63) is 64.2 Å². The molecule has 2 aromatic carbocycles. The Hall–Kier alpha value is -2.29. The Labute approximate surface area is 174 Å². The Morgan fingerprint density at radius 2 is 1.96 bits per heavy atom. The number of thioether (sulfide) groups is 1. The summed E-state index contributed by atoms with van der Waals surface area (Å²) < 4.78 is 19.4. The summed E-state index contributed by atoms with van der Waals surface area (Å²) in [5.41, 5.74) is 0.0638. The number of rotatable bonds is 7. The third kappa shape index (κ3) is 5.60. The number of aromatic amines is 1. The van der Waals surface area contributed by atoms with Gasteiger partial charge in [-0.05, 0) is 49.4 Å². The van der Waals surface area contributed by atoms with Gasteiger partial charge in [0.25, 0.3) is 0 Å². The number of hydrogen-bond donors (Lipinski definition) is 2. The zero-order valence-electron chi connectivity index (χ0n) is 14.6. The number of nitrogens with zero attached hydrogens (tertiary/aromatic N) is 2. The van der Waals surface area contributed by atoms with E-state index in [1.54, 1.807) is 31.2 Å². The Morgan fingerprint density at radius 1 is 1.25 bits per heavy atom. The summed E-state index contributed by atoms with van der Waals surface area (Å²) in [5, 5.41) is 10.0. The number of amides is 1. The van der Waals surface area contributed by atoms with E-state index in [9.17, 15) is 9.18 Å². The molecule has 1 aromatic heterocycles. The molecule has 1 unspecified atom stereocenters. The van der Waals surface area contributed by atoms with Crippen LogP contribution in [0.2, 0.25) is 10.0 Å². The number of carbonyl (C=O) groups is 1. The molecule has 0 radical (unpaired) electrons. The normalized spacial score (nSPS) is 11.9. The molecule has 0 spiro atoms. The number of benzene rings is 2. The van der Waals surface area contributed by atoms with Gasteiger partial charge in [0, 0.05) is 10.0 Å². The van der Waals surface area contributed by atoms with Crippen LogP contribution < -0.4 is 10.1 Å². The molecule has 10 heteroatoms. The lowest BCUT2D eigenvalue weighted by Crippen LogP contribution is -2.23. The summed E-state index contributed by atoms with van der Waals surface area (Å²) in [5.74, 6) is 0.175. The van der Waals surface area contributed by atoms with Crippen LogP contribution in [0.1, 0.15) is 12.7 Å². The predicted molar refractivity (Wildman–Crippen MR) is 108 cm³/mol. The highest BCUT2D eigenvalue weighted by atomic mass is 35.5. The minimum atomic E-state index is -0.599. The van der Waals surface area contributed by atoms with Gasteiger partial charge in [-0.1, -0.05) is 35.0 Å². The van der Waals surface area contributed by atoms with Crippen molar-refractivity contribution in [2.45, 2.75) is 23.9 Å². The second-order valence-electron chi connectivity index (χ2n) is 5.68. The van der Waals surface area contributed by atoms with Gasteiger partial charge in [0.05, 0.1) is 10.9 Å². The fraction of sp³-hybridized carbons (Fsp3) is 0.167. The van der Waals surface area contributed by atoms with E-state index >= 15 is 0 Å². The van der Waals surface area contributed by atoms with Gasteiger partial charge in [0.1, 0.15) is 18.2 Å². The van der Waals surface area contributed by atoms with Crippen molar-refractivity contribution < 1.29 is 13.9 Å². The first kappa shape index (κ1) is 20.4. The molecule has 1 heterocycles. The first-order valence-corrected chi connectivity index (χ1v) is 9.76. The molecular formula is C18H15Cl2FN4O2S. The Kier molecular flexibility index (Phi) is 6.77. The lowest BCUT2D eigenvalue weighted by molar-refractivity contribution is -0.115. The zero-order valence-corrected chi connectivity index (χ0v) is 16.9. The molecular weight excluding hydrogens is 426 g/mol. The van der Waals surface area contributed by atoms with Crippen LogP contribution in [-0.4, -0.2) is 26.3 Å². The Bertz CT molecular complexity index is 968. The van der Waals surface area contributed by atoms with Crippen LogP contribution in [0, 0.1) is 5.82 Å². The van der Waals surface area contributed by atoms with Crippen LogP contribution >= 0.6 is 35.0 Å². The molecule has 0 saturated carbocycles. The second-order valence-corrected chi connectivity index (χ2v) is 7.86. The summed E-state index contributed by atoms with van der Waals surface area (Å²) in [6.45, 7) is 1.86. The fourth-order valence-corrected chi connectivity index (χ4v) is 3.14. The molecule has 1 atom stereocenters. The maximum Gasteiger partial charge on any atom is 0.237 e. The van der Waals surface area contributed by atoms with Crippen molar-refractivity contribution in [3.8, 4) is 5.75 Å². The molecule has 1 amide bonds. The smallest absolute Gasteiger partial charge is 0.237 e. The average Bonchev–Trinajstić information content (AvgIpc) is 3.11. The largest absolute Gasteiger partial charge is 0.486 e. The summed E-state index contributed by atoms with van der Waals surface area (Å²) in [6, 6.07) is 11.0. The van der Waals surface area contributed by atoms with E-state index in [0.29, 0.717) is 21.8 Å². The first-order valence-electron chi connectivity index (χ1n) is 8.13. The van der Waals surface area contributed by atoms with E-state index in [1.807, 2.05) is 0 Å². The minimum absolute atomic E-state index is 0.0638. The standard InChI is InChI=1S/C18H15Cl2FN4O2S/c1-10(17(26)22-15-7-4-12(20)8-14(15)21)28-18-23-16(24-25-18)9-27-13-5-2-11(19)3-6-13/h2-8,10H,9H2,1H3,(H,22,26)(H,23,24,25). The van der Waals surface area contributed by atoms with Crippen LogP contribution in [0.3, 0.4) is 0 Å². The number of aromatic nitrogens is 3. The van der Waals surface area contributed by atoms with Crippen molar-refractivity contribution in [1.82, 2.24) is 15.2 Å². The third-order valence-corrected chi connectivity index (χ3v) is 4.99. The number of ether oxygens (including phenoxy) is 1. The first-order chi connectivity index (χ1) is 13.4. The summed E-state index contributed by atoms with van der Waals surface area (Å²) in [7, 11) is 0. The van der Waals surface area contributed by atoms with Crippen molar-refractivity contribution in [3.63, 3.8) is 0 Å². The Morgan fingerprint density at radius 3 is 2.68 bits per heavy atom. The molecule has 0 aliphatic carbocycles. The predicted octanol–water partition coefficient (Wildman–Crippen LogP) is 4.95. The number of hydrogen-bond acceptors (Lipinski definition) is 5. The SMILES string of the molecule is CC(Sc1n[nH]c(COc2ccc(Cl)cc2)n1)C(=O)Nc1ccc(Cl)cc1F. The van der Waals surface area contributed by atoms with E-state index in [0.717, 1.165) is 17.8 Å². The number of H-pyrrole nitrogens is 1. The van der Waals surface area contributed by atoms with Gasteiger partial charge < -0.3 is 10.1 Å². The molecule has 0 saturated heterocycles. The molecule has 146 valence electrons. The van der Waals surface area contributed by atoms with E-state index < -0.39 is 11.1 Å². The van der Waals surface area contributed by atoms with Crippen molar-refractivity contribution in [1.29, 1.82) is 0 Å². The van der Waals surface area contributed by atoms with Gasteiger partial charge in [0.15, 0.2) is 5.82 Å².